The zero-order chi connectivity index (χ0) is 18.9. The molecule has 2 rings (SSSR count). The van der Waals surface area contributed by atoms with Crippen LogP contribution in [-0.4, -0.2) is 71.7 Å². The monoisotopic (exact) mass is 372 g/mol. The van der Waals surface area contributed by atoms with Crippen molar-refractivity contribution in [3.63, 3.8) is 0 Å². The lowest BCUT2D eigenvalue weighted by molar-refractivity contribution is -0.439. The predicted octanol–water partition coefficient (Wildman–Crippen LogP) is 1.12. The first-order valence-corrected chi connectivity index (χ1v) is 7.98. The van der Waals surface area contributed by atoms with Gasteiger partial charge < -0.3 is 18.9 Å². The largest absolute Gasteiger partial charge is 0.459 e. The van der Waals surface area contributed by atoms with E-state index in [0.717, 1.165) is 0 Å². The number of benzene rings is 1. The summed E-state index contributed by atoms with van der Waals surface area (Å²) in [5.41, 5.74) is 0.436. The highest BCUT2D eigenvalue weighted by molar-refractivity contribution is 5.89. The van der Waals surface area contributed by atoms with Gasteiger partial charge in [-0.25, -0.2) is 24.3 Å². The molecule has 0 unspecified atom stereocenters. The van der Waals surface area contributed by atoms with Crippen LogP contribution in [0.25, 0.3) is 0 Å². The normalized spacial score (nSPS) is 28.7. The first-order valence-electron chi connectivity index (χ1n) is 7.98. The van der Waals surface area contributed by atoms with Gasteiger partial charge in [0.05, 0.1) is 19.8 Å². The van der Waals surface area contributed by atoms with Crippen LogP contribution < -0.4 is 0 Å². The minimum Gasteiger partial charge on any atom is -0.459 e. The number of hydrogen-bond donors (Lipinski definition) is 0. The lowest BCUT2D eigenvalue weighted by Gasteiger charge is -2.42. The van der Waals surface area contributed by atoms with Gasteiger partial charge in [0.2, 0.25) is 0 Å². The van der Waals surface area contributed by atoms with Gasteiger partial charge in [0.15, 0.2) is 18.5 Å². The fourth-order valence-corrected chi connectivity index (χ4v) is 2.74. The van der Waals surface area contributed by atoms with Crippen molar-refractivity contribution in [1.29, 1.82) is 0 Å². The van der Waals surface area contributed by atoms with Crippen LogP contribution in [0.15, 0.2) is 30.3 Å². The number of ether oxygens (including phenoxy) is 4. The standard InChI is InChI=1S/C17H24O9/c1-19-13-12(10-23-16(18)11-8-6-5-7-9-11)24-17(20-2)15(26-22-4)14(13)25-21-3/h5-9,12-15,17H,10H2,1-4H3/t12-,13-,14+,15-,17+/m1/s1. The zero-order valence-corrected chi connectivity index (χ0v) is 15.2. The fourth-order valence-electron chi connectivity index (χ4n) is 2.74. The summed E-state index contributed by atoms with van der Waals surface area (Å²) in [6.45, 7) is -0.0740. The van der Waals surface area contributed by atoms with Gasteiger partial charge in [0.25, 0.3) is 0 Å². The summed E-state index contributed by atoms with van der Waals surface area (Å²) in [6.07, 6.45) is -3.71. The quantitative estimate of drug-likeness (QED) is 0.359. The SMILES string of the molecule is COO[C@@H]1[C@@H](OOC)[C@@H](OC)O[C@H](COC(=O)c2ccccc2)[C@H]1OC. The second kappa shape index (κ2) is 10.5. The summed E-state index contributed by atoms with van der Waals surface area (Å²) in [4.78, 5) is 32.1. The summed E-state index contributed by atoms with van der Waals surface area (Å²) in [6, 6.07) is 8.64. The molecule has 0 bridgehead atoms. The first-order chi connectivity index (χ1) is 12.7. The maximum Gasteiger partial charge on any atom is 0.338 e. The third-order valence-corrected chi connectivity index (χ3v) is 3.90. The van der Waals surface area contributed by atoms with E-state index < -0.39 is 36.7 Å². The lowest BCUT2D eigenvalue weighted by Crippen LogP contribution is -2.61. The van der Waals surface area contributed by atoms with Gasteiger partial charge in [-0.15, -0.1) is 0 Å². The Morgan fingerprint density at radius 3 is 2.15 bits per heavy atom. The number of carbonyl (C=O) groups is 1. The average Bonchev–Trinajstić information content (AvgIpc) is 2.68. The van der Waals surface area contributed by atoms with E-state index in [9.17, 15) is 4.79 Å². The van der Waals surface area contributed by atoms with Crippen LogP contribution >= 0.6 is 0 Å². The molecule has 1 aliphatic rings. The molecule has 1 heterocycles. The van der Waals surface area contributed by atoms with Crippen molar-refractivity contribution in [1.82, 2.24) is 0 Å². The van der Waals surface area contributed by atoms with Crippen LogP contribution in [0.4, 0.5) is 0 Å². The Labute approximate surface area is 151 Å². The van der Waals surface area contributed by atoms with Gasteiger partial charge in [0.1, 0.15) is 18.8 Å². The van der Waals surface area contributed by atoms with E-state index in [2.05, 4.69) is 0 Å². The summed E-state index contributed by atoms with van der Waals surface area (Å²) in [5, 5.41) is 0. The molecule has 0 aromatic heterocycles. The molecule has 1 fully saturated rings. The number of carbonyl (C=O) groups excluding carboxylic acids is 1. The molecule has 5 atom stereocenters. The molecule has 1 aromatic carbocycles. The third kappa shape index (κ3) is 4.98. The predicted molar refractivity (Wildman–Crippen MR) is 87.0 cm³/mol. The van der Waals surface area contributed by atoms with Crippen LogP contribution in [0.3, 0.4) is 0 Å². The van der Waals surface area contributed by atoms with Crippen LogP contribution in [0.2, 0.25) is 0 Å². The Morgan fingerprint density at radius 2 is 1.58 bits per heavy atom. The summed E-state index contributed by atoms with van der Waals surface area (Å²) in [7, 11) is 5.63. The lowest BCUT2D eigenvalue weighted by atomic mass is 9.99. The van der Waals surface area contributed by atoms with E-state index in [1.807, 2.05) is 6.07 Å². The Bertz CT molecular complexity index is 538. The van der Waals surface area contributed by atoms with Gasteiger partial charge in [-0.3, -0.25) is 0 Å². The van der Waals surface area contributed by atoms with Crippen LogP contribution in [0, 0.1) is 0 Å². The van der Waals surface area contributed by atoms with E-state index in [0.29, 0.717) is 5.56 Å². The number of rotatable bonds is 9. The van der Waals surface area contributed by atoms with Crippen molar-refractivity contribution in [3.8, 4) is 0 Å². The van der Waals surface area contributed by atoms with Crippen molar-refractivity contribution < 1.29 is 43.3 Å². The molecule has 1 saturated heterocycles. The van der Waals surface area contributed by atoms with Crippen molar-refractivity contribution in [3.05, 3.63) is 35.9 Å². The number of methoxy groups -OCH3 is 2. The Balaban J connectivity index is 2.09. The number of hydrogen-bond acceptors (Lipinski definition) is 9. The highest BCUT2D eigenvalue weighted by Gasteiger charge is 2.50. The topological polar surface area (TPSA) is 90.9 Å². The summed E-state index contributed by atoms with van der Waals surface area (Å²) < 4.78 is 21.9. The minimum absolute atomic E-state index is 0.0740. The molecule has 1 aromatic rings. The fraction of sp³-hybridized carbons (Fsp3) is 0.588. The molecule has 0 saturated carbocycles. The molecule has 1 aliphatic heterocycles. The molecular weight excluding hydrogens is 348 g/mol. The van der Waals surface area contributed by atoms with Gasteiger partial charge in [-0.1, -0.05) is 18.2 Å². The Kier molecular flexibility index (Phi) is 8.39. The molecule has 0 radical (unpaired) electrons. The van der Waals surface area contributed by atoms with E-state index >= 15 is 0 Å². The van der Waals surface area contributed by atoms with Crippen molar-refractivity contribution in [2.45, 2.75) is 30.7 Å². The van der Waals surface area contributed by atoms with Crippen molar-refractivity contribution in [2.75, 3.05) is 35.0 Å². The summed E-state index contributed by atoms with van der Waals surface area (Å²) >= 11 is 0. The van der Waals surface area contributed by atoms with Crippen LogP contribution in [0.1, 0.15) is 10.4 Å². The number of esters is 1. The molecule has 9 nitrogen and oxygen atoms in total. The third-order valence-electron chi connectivity index (χ3n) is 3.90. The maximum absolute atomic E-state index is 12.2. The molecular formula is C17H24O9. The zero-order valence-electron chi connectivity index (χ0n) is 15.2. The van der Waals surface area contributed by atoms with Gasteiger partial charge in [-0.05, 0) is 12.1 Å². The van der Waals surface area contributed by atoms with Crippen molar-refractivity contribution in [2.24, 2.45) is 0 Å². The molecule has 26 heavy (non-hydrogen) atoms. The summed E-state index contributed by atoms with van der Waals surface area (Å²) in [5.74, 6) is -0.475. The molecule has 146 valence electrons. The second-order valence-corrected chi connectivity index (χ2v) is 5.40. The first kappa shape index (κ1) is 20.7. The van der Waals surface area contributed by atoms with E-state index in [1.54, 1.807) is 24.3 Å². The second-order valence-electron chi connectivity index (χ2n) is 5.40. The van der Waals surface area contributed by atoms with Gasteiger partial charge in [-0.2, -0.15) is 0 Å². The van der Waals surface area contributed by atoms with Gasteiger partial charge in [0, 0.05) is 14.2 Å². The Morgan fingerprint density at radius 1 is 0.923 bits per heavy atom. The van der Waals surface area contributed by atoms with E-state index in [-0.39, 0.29) is 6.61 Å². The van der Waals surface area contributed by atoms with Crippen LogP contribution in [-0.2, 0) is 38.5 Å². The van der Waals surface area contributed by atoms with E-state index in [4.69, 9.17) is 38.5 Å². The van der Waals surface area contributed by atoms with Gasteiger partial charge >= 0.3 is 5.97 Å². The van der Waals surface area contributed by atoms with E-state index in [1.165, 1.54) is 28.4 Å². The molecule has 0 N–H and O–H groups in total. The highest BCUT2D eigenvalue weighted by Crippen LogP contribution is 2.28. The smallest absolute Gasteiger partial charge is 0.338 e. The maximum atomic E-state index is 12.2. The Hall–Kier alpha value is -1.59. The average molecular weight is 372 g/mol. The molecule has 9 heteroatoms. The highest BCUT2D eigenvalue weighted by atomic mass is 17.2. The van der Waals surface area contributed by atoms with Crippen LogP contribution in [0.5, 0.6) is 0 Å². The minimum atomic E-state index is -0.845. The van der Waals surface area contributed by atoms with Crippen molar-refractivity contribution >= 4 is 5.97 Å². The molecule has 0 aliphatic carbocycles. The molecule has 0 spiro atoms. The molecule has 0 amide bonds.